The van der Waals surface area contributed by atoms with Gasteiger partial charge in [0.15, 0.2) is 11.5 Å². The molecule has 0 bridgehead atoms. The van der Waals surface area contributed by atoms with Crippen LogP contribution < -0.4 is 15.0 Å². The van der Waals surface area contributed by atoms with E-state index in [-0.39, 0.29) is 40.4 Å². The van der Waals surface area contributed by atoms with Crippen LogP contribution in [0.4, 0.5) is 10.1 Å². The zero-order valence-electron chi connectivity index (χ0n) is 20.5. The summed E-state index contributed by atoms with van der Waals surface area (Å²) < 4.78 is 19.1. The van der Waals surface area contributed by atoms with Crippen LogP contribution in [0.5, 0.6) is 11.5 Å². The zero-order valence-corrected chi connectivity index (χ0v) is 21.3. The number of amides is 4. The van der Waals surface area contributed by atoms with Gasteiger partial charge in [-0.1, -0.05) is 29.3 Å². The number of carbonyl (C=O) groups excluding carboxylic acids is 4. The predicted molar refractivity (Wildman–Crippen MR) is 134 cm³/mol. The number of benzene rings is 2. The monoisotopic (exact) mass is 538 g/mol. The van der Waals surface area contributed by atoms with Gasteiger partial charge in [0.25, 0.3) is 0 Å². The second kappa shape index (κ2) is 8.39. The van der Waals surface area contributed by atoms with E-state index in [1.165, 1.54) is 25.3 Å². The summed E-state index contributed by atoms with van der Waals surface area (Å²) in [6, 6.07) is 8.50. The van der Waals surface area contributed by atoms with Crippen molar-refractivity contribution in [2.24, 2.45) is 29.1 Å². The molecule has 2 heterocycles. The Kier molecular flexibility index (Phi) is 5.43. The third kappa shape index (κ3) is 3.20. The van der Waals surface area contributed by atoms with Crippen molar-refractivity contribution >= 4 is 40.9 Å². The minimum absolute atomic E-state index is 0.130. The number of nitrogens with one attached hydrogen (secondary N) is 1. The summed E-state index contributed by atoms with van der Waals surface area (Å²) in [6.45, 7) is 1.72. The van der Waals surface area contributed by atoms with Crippen molar-refractivity contribution in [3.05, 3.63) is 64.5 Å². The number of allylic oxidation sites excluding steroid dienone is 2. The summed E-state index contributed by atoms with van der Waals surface area (Å²) >= 11 is 5.99. The molecule has 1 saturated carbocycles. The highest BCUT2D eigenvalue weighted by Crippen LogP contribution is 2.63. The Hall–Kier alpha value is -3.72. The molecule has 0 radical (unpaired) electrons. The van der Waals surface area contributed by atoms with Crippen molar-refractivity contribution in [3.63, 3.8) is 0 Å². The zero-order chi connectivity index (χ0) is 27.1. The second-order valence-electron chi connectivity index (χ2n) is 10.5. The summed E-state index contributed by atoms with van der Waals surface area (Å²) in [4.78, 5) is 54.5. The standard InChI is InChI=1S/C28H24ClFN2O6/c1-28-17(26(36)32(27(28)37)13-4-7-19(30)18(29)10-13)11-16-14(5-6-15-22(16)25(35)31-24(15)34)23(28)12-3-8-21(38-2)20(33)9-12/h3-5,7-10,15-17,22-23,33H,6,11H2,1-2H3,(H,31,34,35)/t15-,16+,17-,22-,23-,28+/m0/s1. The third-order valence-corrected chi connectivity index (χ3v) is 9.10. The minimum atomic E-state index is -1.28. The lowest BCUT2D eigenvalue weighted by Gasteiger charge is -2.49. The van der Waals surface area contributed by atoms with Gasteiger partial charge in [-0.3, -0.25) is 24.5 Å². The Balaban J connectivity index is 1.54. The van der Waals surface area contributed by atoms with Crippen molar-refractivity contribution in [2.75, 3.05) is 12.0 Å². The largest absolute Gasteiger partial charge is 0.504 e. The van der Waals surface area contributed by atoms with Crippen LogP contribution in [-0.4, -0.2) is 35.8 Å². The number of nitrogens with zero attached hydrogens (tertiary/aromatic N) is 1. The summed E-state index contributed by atoms with van der Waals surface area (Å²) in [5, 5.41) is 12.8. The molecule has 3 fully saturated rings. The van der Waals surface area contributed by atoms with Gasteiger partial charge in [0.1, 0.15) is 5.82 Å². The maximum Gasteiger partial charge on any atom is 0.241 e. The molecule has 2 N–H and O–H groups in total. The highest BCUT2D eigenvalue weighted by molar-refractivity contribution is 6.31. The number of fused-ring (bicyclic) bond motifs is 4. The number of anilines is 1. The first-order valence-corrected chi connectivity index (χ1v) is 12.7. The fourth-order valence-corrected chi connectivity index (χ4v) is 7.24. The van der Waals surface area contributed by atoms with Gasteiger partial charge in [0, 0.05) is 5.92 Å². The molecule has 0 unspecified atom stereocenters. The van der Waals surface area contributed by atoms with Crippen molar-refractivity contribution < 1.29 is 33.4 Å². The van der Waals surface area contributed by atoms with Gasteiger partial charge >= 0.3 is 0 Å². The number of ether oxygens (including phenoxy) is 1. The molecule has 4 aliphatic rings. The number of imide groups is 2. The van der Waals surface area contributed by atoms with Gasteiger partial charge in [-0.25, -0.2) is 9.29 Å². The average molecular weight is 539 g/mol. The topological polar surface area (TPSA) is 113 Å². The molecule has 38 heavy (non-hydrogen) atoms. The summed E-state index contributed by atoms with van der Waals surface area (Å²) in [5.74, 6) is -5.39. The number of carbonyl (C=O) groups is 4. The predicted octanol–water partition coefficient (Wildman–Crippen LogP) is 3.71. The van der Waals surface area contributed by atoms with E-state index in [1.807, 2.05) is 6.08 Å². The number of rotatable bonds is 3. The maximum atomic E-state index is 14.2. The lowest BCUT2D eigenvalue weighted by Crippen LogP contribution is -2.48. The molecule has 2 aromatic rings. The first kappa shape index (κ1) is 24.6. The van der Waals surface area contributed by atoms with E-state index < -0.39 is 52.6 Å². The van der Waals surface area contributed by atoms with Gasteiger partial charge in [-0.15, -0.1) is 0 Å². The lowest BCUT2D eigenvalue weighted by atomic mass is 9.51. The number of phenols is 1. The van der Waals surface area contributed by atoms with Gasteiger partial charge in [-0.2, -0.15) is 0 Å². The van der Waals surface area contributed by atoms with Gasteiger partial charge in [0.2, 0.25) is 23.6 Å². The van der Waals surface area contributed by atoms with Crippen LogP contribution in [0.25, 0.3) is 0 Å². The third-order valence-electron chi connectivity index (χ3n) is 8.82. The number of methoxy groups -OCH3 is 1. The molecule has 6 rings (SSSR count). The Labute approximate surface area is 222 Å². The number of hydrogen-bond donors (Lipinski definition) is 2. The number of halogens is 2. The van der Waals surface area contributed by atoms with E-state index in [0.717, 1.165) is 16.5 Å². The van der Waals surface area contributed by atoms with Crippen LogP contribution in [-0.2, 0) is 19.2 Å². The molecule has 196 valence electrons. The molecule has 6 atom stereocenters. The highest BCUT2D eigenvalue weighted by atomic mass is 35.5. The molecule has 4 amide bonds. The quantitative estimate of drug-likeness (QED) is 0.455. The Morgan fingerprint density at radius 3 is 2.55 bits per heavy atom. The molecule has 0 spiro atoms. The van der Waals surface area contributed by atoms with Gasteiger partial charge in [0.05, 0.1) is 41.0 Å². The van der Waals surface area contributed by atoms with E-state index in [1.54, 1.807) is 19.1 Å². The van der Waals surface area contributed by atoms with Gasteiger partial charge in [-0.05, 0) is 61.6 Å². The fourth-order valence-electron chi connectivity index (χ4n) is 7.06. The molecule has 2 aliphatic carbocycles. The summed E-state index contributed by atoms with van der Waals surface area (Å²) in [6.07, 6.45) is 2.43. The van der Waals surface area contributed by atoms with Crippen LogP contribution in [0.1, 0.15) is 31.2 Å². The Bertz CT molecular complexity index is 1470. The van der Waals surface area contributed by atoms with E-state index in [4.69, 9.17) is 16.3 Å². The maximum absolute atomic E-state index is 14.2. The summed E-state index contributed by atoms with van der Waals surface area (Å²) in [5.41, 5.74) is 0.240. The molecule has 2 saturated heterocycles. The van der Waals surface area contributed by atoms with E-state index in [9.17, 15) is 28.7 Å². The van der Waals surface area contributed by atoms with Crippen LogP contribution in [0.15, 0.2) is 48.0 Å². The van der Waals surface area contributed by atoms with Crippen LogP contribution in [0.3, 0.4) is 0 Å². The fraction of sp³-hybridized carbons (Fsp3) is 0.357. The average Bonchev–Trinajstić information content (AvgIpc) is 3.28. The molecule has 8 nitrogen and oxygen atoms in total. The molecular weight excluding hydrogens is 515 g/mol. The first-order valence-electron chi connectivity index (χ1n) is 12.3. The van der Waals surface area contributed by atoms with Crippen molar-refractivity contribution in [3.8, 4) is 11.5 Å². The first-order chi connectivity index (χ1) is 18.1. The lowest BCUT2D eigenvalue weighted by molar-refractivity contribution is -0.131. The van der Waals surface area contributed by atoms with Crippen molar-refractivity contribution in [1.29, 1.82) is 0 Å². The highest BCUT2D eigenvalue weighted by Gasteiger charge is 2.67. The molecule has 2 aliphatic heterocycles. The van der Waals surface area contributed by atoms with Crippen molar-refractivity contribution in [2.45, 2.75) is 25.7 Å². The Morgan fingerprint density at radius 2 is 1.87 bits per heavy atom. The SMILES string of the molecule is COc1ccc([C@H]2C3=CC[C@@H]4C(=O)NC(=O)[C@@H]4[C@@H]3C[C@H]3C(=O)N(c4ccc(F)c(Cl)c4)C(=O)[C@@]23C)cc1O. The van der Waals surface area contributed by atoms with E-state index in [2.05, 4.69) is 5.32 Å². The summed E-state index contributed by atoms with van der Waals surface area (Å²) in [7, 11) is 1.42. The molecular formula is C28H24ClFN2O6. The van der Waals surface area contributed by atoms with Crippen LogP contribution in [0, 0.1) is 34.9 Å². The number of phenolic OH excluding ortho intramolecular Hbond substituents is 1. The minimum Gasteiger partial charge on any atom is -0.504 e. The van der Waals surface area contributed by atoms with E-state index in [0.29, 0.717) is 12.0 Å². The van der Waals surface area contributed by atoms with Crippen LogP contribution in [0.2, 0.25) is 5.02 Å². The normalized spacial score (nSPS) is 31.9. The van der Waals surface area contributed by atoms with Gasteiger partial charge < -0.3 is 9.84 Å². The Morgan fingerprint density at radius 1 is 1.11 bits per heavy atom. The van der Waals surface area contributed by atoms with E-state index >= 15 is 0 Å². The smallest absolute Gasteiger partial charge is 0.241 e. The van der Waals surface area contributed by atoms with Crippen molar-refractivity contribution in [1.82, 2.24) is 5.32 Å². The van der Waals surface area contributed by atoms with Crippen LogP contribution >= 0.6 is 11.6 Å². The number of hydrogen-bond acceptors (Lipinski definition) is 6. The number of aromatic hydroxyl groups is 1. The molecule has 0 aromatic heterocycles. The molecule has 2 aromatic carbocycles. The second-order valence-corrected chi connectivity index (χ2v) is 11.0. The molecule has 10 heteroatoms.